The lowest BCUT2D eigenvalue weighted by atomic mass is 10.2. The molecular formula is C14H14N4O6. The summed E-state index contributed by atoms with van der Waals surface area (Å²) in [5, 5.41) is 21.2. The third-order valence-corrected chi connectivity index (χ3v) is 3.01. The molecule has 0 amide bonds. The van der Waals surface area contributed by atoms with Crippen LogP contribution in [0.5, 0.6) is 11.5 Å². The molecule has 4 N–H and O–H groups in total. The molecule has 0 saturated heterocycles. The van der Waals surface area contributed by atoms with Gasteiger partial charge in [0.15, 0.2) is 0 Å². The van der Waals surface area contributed by atoms with Gasteiger partial charge in [-0.2, -0.15) is 0 Å². The van der Waals surface area contributed by atoms with Crippen LogP contribution in [0.2, 0.25) is 0 Å². The SMILES string of the molecule is Nc1cc([N+](=O)[O-])ccc1OCCOc1ccc([N+](=O)[O-])cc1N. The molecule has 2 aromatic rings. The zero-order chi connectivity index (χ0) is 17.7. The van der Waals surface area contributed by atoms with E-state index in [1.807, 2.05) is 0 Å². The summed E-state index contributed by atoms with van der Waals surface area (Å²) in [6.07, 6.45) is 0. The average molecular weight is 334 g/mol. The van der Waals surface area contributed by atoms with Gasteiger partial charge in [-0.05, 0) is 12.1 Å². The van der Waals surface area contributed by atoms with Crippen LogP contribution in [0.15, 0.2) is 36.4 Å². The van der Waals surface area contributed by atoms with Crippen molar-refractivity contribution in [3.05, 3.63) is 56.6 Å². The predicted molar refractivity (Wildman–Crippen MR) is 86.0 cm³/mol. The van der Waals surface area contributed by atoms with E-state index in [-0.39, 0.29) is 36.0 Å². The summed E-state index contributed by atoms with van der Waals surface area (Å²) in [4.78, 5) is 20.1. The summed E-state index contributed by atoms with van der Waals surface area (Å²) in [7, 11) is 0. The first-order valence-corrected chi connectivity index (χ1v) is 6.72. The molecule has 2 aromatic carbocycles. The van der Waals surface area contributed by atoms with Crippen LogP contribution in [0.25, 0.3) is 0 Å². The highest BCUT2D eigenvalue weighted by Crippen LogP contribution is 2.27. The van der Waals surface area contributed by atoms with Gasteiger partial charge in [0.25, 0.3) is 11.4 Å². The summed E-state index contributed by atoms with van der Waals surface area (Å²) >= 11 is 0. The lowest BCUT2D eigenvalue weighted by Crippen LogP contribution is -2.11. The van der Waals surface area contributed by atoms with Crippen molar-refractivity contribution in [3.63, 3.8) is 0 Å². The molecule has 0 atom stereocenters. The average Bonchev–Trinajstić information content (AvgIpc) is 2.53. The van der Waals surface area contributed by atoms with E-state index in [1.165, 1.54) is 36.4 Å². The Hall–Kier alpha value is -3.56. The number of rotatable bonds is 7. The molecule has 126 valence electrons. The van der Waals surface area contributed by atoms with Crippen LogP contribution in [0.3, 0.4) is 0 Å². The Labute approximate surface area is 135 Å². The lowest BCUT2D eigenvalue weighted by molar-refractivity contribution is -0.385. The smallest absolute Gasteiger partial charge is 0.271 e. The Morgan fingerprint density at radius 2 is 1.17 bits per heavy atom. The molecule has 0 aliphatic carbocycles. The van der Waals surface area contributed by atoms with Crippen molar-refractivity contribution in [1.82, 2.24) is 0 Å². The minimum absolute atomic E-state index is 0.110. The predicted octanol–water partition coefficient (Wildman–Crippen LogP) is 2.13. The van der Waals surface area contributed by atoms with Crippen molar-refractivity contribution < 1.29 is 19.3 Å². The molecule has 2 rings (SSSR count). The molecule has 0 fully saturated rings. The van der Waals surface area contributed by atoms with Gasteiger partial charge in [-0.3, -0.25) is 20.2 Å². The first kappa shape index (κ1) is 16.8. The Morgan fingerprint density at radius 1 is 0.792 bits per heavy atom. The molecule has 0 saturated carbocycles. The third kappa shape index (κ3) is 4.00. The summed E-state index contributed by atoms with van der Waals surface area (Å²) < 4.78 is 10.7. The van der Waals surface area contributed by atoms with E-state index >= 15 is 0 Å². The van der Waals surface area contributed by atoms with Crippen LogP contribution in [0.1, 0.15) is 0 Å². The van der Waals surface area contributed by atoms with Crippen LogP contribution >= 0.6 is 0 Å². The summed E-state index contributed by atoms with van der Waals surface area (Å²) in [5.74, 6) is 0.585. The van der Waals surface area contributed by atoms with Crippen LogP contribution in [0, 0.1) is 20.2 Å². The van der Waals surface area contributed by atoms with Gasteiger partial charge < -0.3 is 20.9 Å². The number of nitrogens with two attached hydrogens (primary N) is 2. The zero-order valence-electron chi connectivity index (χ0n) is 12.4. The number of nitro benzene ring substituents is 2. The number of non-ortho nitro benzene ring substituents is 2. The fraction of sp³-hybridized carbons (Fsp3) is 0.143. The minimum atomic E-state index is -0.555. The van der Waals surface area contributed by atoms with E-state index in [4.69, 9.17) is 20.9 Å². The van der Waals surface area contributed by atoms with Crippen molar-refractivity contribution in [1.29, 1.82) is 0 Å². The number of nitrogens with zero attached hydrogens (tertiary/aromatic N) is 2. The number of benzene rings is 2. The van der Waals surface area contributed by atoms with Gasteiger partial charge in [-0.15, -0.1) is 0 Å². The Bertz CT molecular complexity index is 714. The molecule has 0 radical (unpaired) electrons. The van der Waals surface area contributed by atoms with E-state index in [0.717, 1.165) is 0 Å². The molecule has 10 heteroatoms. The zero-order valence-corrected chi connectivity index (χ0v) is 12.4. The molecular weight excluding hydrogens is 320 g/mol. The number of nitrogen functional groups attached to an aromatic ring is 2. The highest BCUT2D eigenvalue weighted by Gasteiger charge is 2.11. The van der Waals surface area contributed by atoms with Gasteiger partial charge in [0.2, 0.25) is 0 Å². The second-order valence-electron chi connectivity index (χ2n) is 4.66. The first-order valence-electron chi connectivity index (χ1n) is 6.72. The largest absolute Gasteiger partial charge is 0.488 e. The normalized spacial score (nSPS) is 10.2. The van der Waals surface area contributed by atoms with Crippen LogP contribution in [-0.2, 0) is 0 Å². The standard InChI is InChI=1S/C14H14N4O6/c15-11-7-9(17(19)20)1-3-13(11)23-5-6-24-14-4-2-10(18(21)22)8-12(14)16/h1-4,7-8H,5-6,15-16H2. The fourth-order valence-electron chi connectivity index (χ4n) is 1.86. The monoisotopic (exact) mass is 334 g/mol. The maximum atomic E-state index is 10.6. The topological polar surface area (TPSA) is 157 Å². The first-order chi connectivity index (χ1) is 11.4. The highest BCUT2D eigenvalue weighted by molar-refractivity contribution is 5.59. The van der Waals surface area contributed by atoms with Crippen molar-refractivity contribution >= 4 is 22.7 Å². The maximum absolute atomic E-state index is 10.6. The number of nitro groups is 2. The minimum Gasteiger partial charge on any atom is -0.488 e. The lowest BCUT2D eigenvalue weighted by Gasteiger charge is -2.11. The highest BCUT2D eigenvalue weighted by atomic mass is 16.6. The van der Waals surface area contributed by atoms with Gasteiger partial charge >= 0.3 is 0 Å². The molecule has 24 heavy (non-hydrogen) atoms. The van der Waals surface area contributed by atoms with E-state index < -0.39 is 9.85 Å². The van der Waals surface area contributed by atoms with E-state index in [0.29, 0.717) is 11.5 Å². The molecule has 0 bridgehead atoms. The van der Waals surface area contributed by atoms with Crippen molar-refractivity contribution in [2.45, 2.75) is 0 Å². The summed E-state index contributed by atoms with van der Waals surface area (Å²) in [6.45, 7) is 0.219. The van der Waals surface area contributed by atoms with Gasteiger partial charge in [0.05, 0.1) is 21.2 Å². The van der Waals surface area contributed by atoms with Crippen molar-refractivity contribution in [2.24, 2.45) is 0 Å². The molecule has 0 spiro atoms. The van der Waals surface area contributed by atoms with E-state index in [1.54, 1.807) is 0 Å². The molecule has 0 unspecified atom stereocenters. The fourth-order valence-corrected chi connectivity index (χ4v) is 1.86. The molecule has 0 aromatic heterocycles. The van der Waals surface area contributed by atoms with Gasteiger partial charge in [0.1, 0.15) is 24.7 Å². The Kier molecular flexibility index (Phi) is 5.00. The number of ether oxygens (including phenoxy) is 2. The van der Waals surface area contributed by atoms with Gasteiger partial charge in [-0.25, -0.2) is 0 Å². The van der Waals surface area contributed by atoms with E-state index in [2.05, 4.69) is 0 Å². The molecule has 10 nitrogen and oxygen atoms in total. The van der Waals surface area contributed by atoms with Gasteiger partial charge in [0, 0.05) is 24.3 Å². The van der Waals surface area contributed by atoms with Crippen molar-refractivity contribution in [3.8, 4) is 11.5 Å². The van der Waals surface area contributed by atoms with Crippen LogP contribution in [0.4, 0.5) is 22.7 Å². The third-order valence-electron chi connectivity index (χ3n) is 3.01. The number of anilines is 2. The maximum Gasteiger partial charge on any atom is 0.271 e. The Morgan fingerprint density at radius 3 is 1.46 bits per heavy atom. The number of hydrogen-bond acceptors (Lipinski definition) is 8. The van der Waals surface area contributed by atoms with E-state index in [9.17, 15) is 20.2 Å². The van der Waals surface area contributed by atoms with Crippen LogP contribution < -0.4 is 20.9 Å². The molecule has 0 aliphatic heterocycles. The Balaban J connectivity index is 1.89. The van der Waals surface area contributed by atoms with Gasteiger partial charge in [-0.1, -0.05) is 0 Å². The summed E-state index contributed by atoms with van der Waals surface area (Å²) in [6, 6.07) is 7.75. The van der Waals surface area contributed by atoms with Crippen molar-refractivity contribution in [2.75, 3.05) is 24.7 Å². The molecule has 0 heterocycles. The quantitative estimate of drug-likeness (QED) is 0.337. The second kappa shape index (κ2) is 7.13. The molecule has 0 aliphatic rings. The second-order valence-corrected chi connectivity index (χ2v) is 4.66. The summed E-state index contributed by atoms with van der Waals surface area (Å²) in [5.41, 5.74) is 11.4. The number of hydrogen-bond donors (Lipinski definition) is 2. The van der Waals surface area contributed by atoms with Crippen LogP contribution in [-0.4, -0.2) is 23.1 Å².